The van der Waals surface area contributed by atoms with Gasteiger partial charge < -0.3 is 4.90 Å². The van der Waals surface area contributed by atoms with Crippen LogP contribution in [-0.2, 0) is 16.0 Å². The van der Waals surface area contributed by atoms with E-state index in [1.165, 1.54) is 34.6 Å². The molecule has 4 aliphatic rings. The fourth-order valence-electron chi connectivity index (χ4n) is 6.37. The summed E-state index contributed by atoms with van der Waals surface area (Å²) >= 11 is 0. The summed E-state index contributed by atoms with van der Waals surface area (Å²) in [6.07, 6.45) is 5.80. The molecule has 1 aromatic carbocycles. The predicted molar refractivity (Wildman–Crippen MR) is 121 cm³/mol. The van der Waals surface area contributed by atoms with Gasteiger partial charge in [-0.15, -0.1) is 0 Å². The van der Waals surface area contributed by atoms with Crippen LogP contribution in [-0.4, -0.2) is 82.9 Å². The number of rotatable bonds is 7. The van der Waals surface area contributed by atoms with E-state index in [9.17, 15) is 14.4 Å². The molecule has 4 fully saturated rings. The lowest BCUT2D eigenvalue weighted by atomic mass is 9.83. The van der Waals surface area contributed by atoms with E-state index in [1.807, 2.05) is 13.0 Å². The van der Waals surface area contributed by atoms with Crippen molar-refractivity contribution in [2.45, 2.75) is 45.1 Å². The molecule has 32 heavy (non-hydrogen) atoms. The van der Waals surface area contributed by atoms with Crippen LogP contribution < -0.4 is 0 Å². The van der Waals surface area contributed by atoms with Gasteiger partial charge in [-0.3, -0.25) is 19.4 Å². The highest BCUT2D eigenvalue weighted by molar-refractivity contribution is 6.44. The smallest absolute Gasteiger partial charge is 0.300 e. The molecule has 2 saturated carbocycles. The molecule has 2 bridgehead atoms. The molecule has 0 spiro atoms. The van der Waals surface area contributed by atoms with Crippen LogP contribution in [0.25, 0.3) is 0 Å². The number of fused-ring (bicyclic) bond motifs is 2. The van der Waals surface area contributed by atoms with Crippen molar-refractivity contribution in [2.24, 2.45) is 17.8 Å². The van der Waals surface area contributed by atoms with Gasteiger partial charge in [0.15, 0.2) is 0 Å². The predicted octanol–water partition coefficient (Wildman–Crippen LogP) is 2.42. The van der Waals surface area contributed by atoms with Crippen LogP contribution in [0.4, 0.5) is 4.79 Å². The maximum absolute atomic E-state index is 13.1. The summed E-state index contributed by atoms with van der Waals surface area (Å²) in [5, 5.41) is 0. The highest BCUT2D eigenvalue weighted by atomic mass is 16.2. The number of carbonyl (C=O) groups is 3. The Morgan fingerprint density at radius 3 is 2.28 bits per heavy atom. The first-order chi connectivity index (χ1) is 15.5. The summed E-state index contributed by atoms with van der Waals surface area (Å²) in [5.41, 5.74) is 1.34. The Labute approximate surface area is 190 Å². The first kappa shape index (κ1) is 21.6. The lowest BCUT2D eigenvalue weighted by Crippen LogP contribution is -2.52. The summed E-state index contributed by atoms with van der Waals surface area (Å²) in [7, 11) is 0. The normalized spacial score (nSPS) is 30.0. The van der Waals surface area contributed by atoms with Crippen molar-refractivity contribution in [2.75, 3.05) is 39.4 Å². The molecular weight excluding hydrogens is 404 g/mol. The molecule has 4 amide bonds. The van der Waals surface area contributed by atoms with Gasteiger partial charge in [0.2, 0.25) is 0 Å². The van der Waals surface area contributed by atoms with Crippen LogP contribution in [0.3, 0.4) is 0 Å². The molecular formula is C25H34N4O3. The molecule has 7 nitrogen and oxygen atoms in total. The van der Waals surface area contributed by atoms with Gasteiger partial charge in [-0.2, -0.15) is 0 Å². The van der Waals surface area contributed by atoms with E-state index in [-0.39, 0.29) is 12.7 Å². The van der Waals surface area contributed by atoms with Crippen molar-refractivity contribution in [3.63, 3.8) is 0 Å². The summed E-state index contributed by atoms with van der Waals surface area (Å²) in [6.45, 7) is 6.58. The number of amides is 4. The Morgan fingerprint density at radius 2 is 1.62 bits per heavy atom. The van der Waals surface area contributed by atoms with E-state index < -0.39 is 17.8 Å². The van der Waals surface area contributed by atoms with Crippen molar-refractivity contribution in [3.8, 4) is 0 Å². The minimum Gasteiger partial charge on any atom is -0.300 e. The first-order valence-electron chi connectivity index (χ1n) is 12.2. The second-order valence-electron chi connectivity index (χ2n) is 10.1. The van der Waals surface area contributed by atoms with Crippen molar-refractivity contribution < 1.29 is 14.4 Å². The van der Waals surface area contributed by atoms with E-state index in [4.69, 9.17) is 0 Å². The van der Waals surface area contributed by atoms with Crippen molar-refractivity contribution in [3.05, 3.63) is 35.9 Å². The highest BCUT2D eigenvalue weighted by Crippen LogP contribution is 2.50. The third-order valence-electron chi connectivity index (χ3n) is 8.27. The van der Waals surface area contributed by atoms with Crippen molar-refractivity contribution >= 4 is 17.8 Å². The number of nitrogens with zero attached hydrogens (tertiary/aromatic N) is 4. The maximum Gasteiger partial charge on any atom is 0.335 e. The standard InChI is InChI=1S/C25H34N4O3/c1-18(22-16-20-7-8-21(22)15-20)29-24(31)23(30)28(25(29)32)17-27-13-11-26(12-14-27)10-9-19-5-3-2-4-6-19/h2-6,18,20-22H,7-17H2,1H3/t18-,20-,21-,22+/m0/s1. The minimum absolute atomic E-state index is 0.186. The third-order valence-corrected chi connectivity index (χ3v) is 8.27. The van der Waals surface area contributed by atoms with Gasteiger partial charge >= 0.3 is 17.8 Å². The third kappa shape index (κ3) is 4.08. The quantitative estimate of drug-likeness (QED) is 0.483. The molecule has 4 atom stereocenters. The van der Waals surface area contributed by atoms with E-state index in [2.05, 4.69) is 34.1 Å². The van der Waals surface area contributed by atoms with Crippen LogP contribution in [0, 0.1) is 17.8 Å². The molecule has 5 rings (SSSR count). The average molecular weight is 439 g/mol. The first-order valence-corrected chi connectivity index (χ1v) is 12.2. The van der Waals surface area contributed by atoms with Crippen LogP contribution in [0.2, 0.25) is 0 Å². The number of hydrogen-bond donors (Lipinski definition) is 0. The number of urea groups is 1. The van der Waals surface area contributed by atoms with E-state index in [0.29, 0.717) is 11.8 Å². The Morgan fingerprint density at radius 1 is 0.906 bits per heavy atom. The summed E-state index contributed by atoms with van der Waals surface area (Å²) in [5.74, 6) is 0.403. The molecule has 172 valence electrons. The Bertz CT molecular complexity index is 867. The average Bonchev–Trinajstić information content (AvgIpc) is 3.50. The fraction of sp³-hybridized carbons (Fsp3) is 0.640. The topological polar surface area (TPSA) is 64.2 Å². The van der Waals surface area contributed by atoms with Gasteiger partial charge in [-0.1, -0.05) is 36.8 Å². The van der Waals surface area contributed by atoms with E-state index >= 15 is 0 Å². The summed E-state index contributed by atoms with van der Waals surface area (Å²) in [4.78, 5) is 45.5. The van der Waals surface area contributed by atoms with Crippen molar-refractivity contribution in [1.82, 2.24) is 19.6 Å². The SMILES string of the molecule is C[C@@H]([C@H]1C[C@H]2CC[C@H]1C2)N1C(=O)C(=O)N(CN2CCN(CCc3ccccc3)CC2)C1=O. The molecule has 0 aromatic heterocycles. The Kier molecular flexibility index (Phi) is 6.03. The largest absolute Gasteiger partial charge is 0.335 e. The zero-order valence-corrected chi connectivity index (χ0v) is 19.0. The van der Waals surface area contributed by atoms with Crippen molar-refractivity contribution in [1.29, 1.82) is 0 Å². The number of benzene rings is 1. The number of piperazine rings is 1. The molecule has 0 N–H and O–H groups in total. The van der Waals surface area contributed by atoms with Gasteiger partial charge in [-0.25, -0.2) is 9.69 Å². The summed E-state index contributed by atoms with van der Waals surface area (Å²) in [6, 6.07) is 9.88. The molecule has 7 heteroatoms. The molecule has 0 radical (unpaired) electrons. The van der Waals surface area contributed by atoms with E-state index in [0.717, 1.165) is 51.5 Å². The van der Waals surface area contributed by atoms with Crippen LogP contribution in [0.15, 0.2) is 30.3 Å². The zero-order chi connectivity index (χ0) is 22.2. The van der Waals surface area contributed by atoms with Gasteiger partial charge in [0.25, 0.3) is 0 Å². The van der Waals surface area contributed by atoms with Crippen LogP contribution >= 0.6 is 0 Å². The van der Waals surface area contributed by atoms with Crippen LogP contribution in [0.1, 0.15) is 38.2 Å². The molecule has 1 aromatic rings. The lowest BCUT2D eigenvalue weighted by molar-refractivity contribution is -0.145. The van der Waals surface area contributed by atoms with Gasteiger partial charge in [0, 0.05) is 38.8 Å². The maximum atomic E-state index is 13.1. The second-order valence-corrected chi connectivity index (χ2v) is 10.1. The molecule has 0 unspecified atom stereocenters. The zero-order valence-electron chi connectivity index (χ0n) is 19.0. The monoisotopic (exact) mass is 438 g/mol. The van der Waals surface area contributed by atoms with Gasteiger partial charge in [0.05, 0.1) is 6.67 Å². The highest BCUT2D eigenvalue weighted by Gasteiger charge is 2.52. The molecule has 2 aliphatic heterocycles. The summed E-state index contributed by atoms with van der Waals surface area (Å²) < 4.78 is 0. The minimum atomic E-state index is -0.656. The fourth-order valence-corrected chi connectivity index (χ4v) is 6.37. The lowest BCUT2D eigenvalue weighted by Gasteiger charge is -2.36. The Hall–Kier alpha value is -2.25. The number of carbonyl (C=O) groups excluding carboxylic acids is 3. The molecule has 2 aliphatic carbocycles. The Balaban J connectivity index is 1.13. The van der Waals surface area contributed by atoms with E-state index in [1.54, 1.807) is 0 Å². The molecule has 2 heterocycles. The van der Waals surface area contributed by atoms with Gasteiger partial charge in [0.1, 0.15) is 0 Å². The second kappa shape index (κ2) is 8.94. The van der Waals surface area contributed by atoms with Crippen LogP contribution in [0.5, 0.6) is 0 Å². The van der Waals surface area contributed by atoms with Gasteiger partial charge in [-0.05, 0) is 55.9 Å². The number of imide groups is 2. The number of hydrogen-bond acceptors (Lipinski definition) is 5. The molecule has 2 saturated heterocycles.